The molecule has 0 saturated heterocycles. The van der Waals surface area contributed by atoms with E-state index in [2.05, 4.69) is 0 Å². The molecule has 0 aliphatic rings. The van der Waals surface area contributed by atoms with E-state index in [1.807, 2.05) is 34.6 Å². The second-order valence-corrected chi connectivity index (χ2v) is 7.16. The van der Waals surface area contributed by atoms with E-state index in [-0.39, 0.29) is 0 Å². The monoisotopic (exact) mass is 452 g/mol. The molecule has 0 aliphatic heterocycles. The number of esters is 1. The van der Waals surface area contributed by atoms with Gasteiger partial charge in [-0.2, -0.15) is 0 Å². The fraction of sp³-hybridized carbons (Fsp3) is 0.640. The molecule has 1 aromatic rings. The Morgan fingerprint density at radius 3 is 1.22 bits per heavy atom. The number of carbonyl (C=O) groups is 1. The number of carbonyl (C=O) groups excluding carboxylic acids is 1. The van der Waals surface area contributed by atoms with Gasteiger partial charge in [0.15, 0.2) is 11.5 Å². The topological polar surface area (TPSA) is 72.5 Å². The molecular weight excluding hydrogens is 412 g/mol. The fourth-order valence-corrected chi connectivity index (χ4v) is 2.73. The summed E-state index contributed by atoms with van der Waals surface area (Å²) in [6.45, 7) is 12.5. The fourth-order valence-electron chi connectivity index (χ4n) is 2.73. The van der Waals surface area contributed by atoms with Crippen LogP contribution in [0.5, 0.6) is 28.7 Å². The van der Waals surface area contributed by atoms with Crippen LogP contribution in [0.4, 0.5) is 0 Å². The third-order valence-electron chi connectivity index (χ3n) is 4.15. The zero-order valence-corrected chi connectivity index (χ0v) is 20.6. The summed E-state index contributed by atoms with van der Waals surface area (Å²) in [7, 11) is 1.34. The summed E-state index contributed by atoms with van der Waals surface area (Å²) >= 11 is 0. The summed E-state index contributed by atoms with van der Waals surface area (Å²) in [5.41, 5.74) is 0.568. The predicted octanol–water partition coefficient (Wildman–Crippen LogP) is 5.82. The summed E-state index contributed by atoms with van der Waals surface area (Å²) in [4.78, 5) is 11.9. The van der Waals surface area contributed by atoms with Gasteiger partial charge in [-0.15, -0.1) is 0 Å². The van der Waals surface area contributed by atoms with Crippen LogP contribution < -0.4 is 23.7 Å². The molecule has 0 atom stereocenters. The molecule has 0 bridgehead atoms. The number of rotatable bonds is 17. The molecule has 0 aliphatic carbocycles. The maximum atomic E-state index is 11.9. The maximum absolute atomic E-state index is 11.9. The Hall–Kier alpha value is -2.57. The smallest absolute Gasteiger partial charge is 0.330 e. The van der Waals surface area contributed by atoms with Crippen molar-refractivity contribution < 1.29 is 33.2 Å². The lowest BCUT2D eigenvalue weighted by molar-refractivity contribution is -0.134. The molecule has 1 rings (SSSR count). The summed E-state index contributed by atoms with van der Waals surface area (Å²) in [6.07, 6.45) is 7.02. The Bertz CT molecular complexity index is 672. The molecule has 182 valence electrons. The van der Waals surface area contributed by atoms with Crippen LogP contribution in [-0.2, 0) is 9.53 Å². The summed E-state index contributed by atoms with van der Waals surface area (Å²) < 4.78 is 35.4. The zero-order valence-electron chi connectivity index (χ0n) is 20.6. The minimum absolute atomic E-state index is 0.466. The van der Waals surface area contributed by atoms with Gasteiger partial charge in [0.05, 0.1) is 45.7 Å². The van der Waals surface area contributed by atoms with Crippen LogP contribution in [0.1, 0.15) is 72.3 Å². The van der Waals surface area contributed by atoms with Crippen LogP contribution >= 0.6 is 0 Å². The summed E-state index contributed by atoms with van der Waals surface area (Å²) in [5.74, 6) is 1.87. The number of methoxy groups -OCH3 is 1. The number of ether oxygens (including phenoxy) is 6. The Labute approximate surface area is 193 Å². The first-order valence-electron chi connectivity index (χ1n) is 11.7. The van der Waals surface area contributed by atoms with Gasteiger partial charge in [0, 0.05) is 6.08 Å². The highest BCUT2D eigenvalue weighted by Gasteiger charge is 2.29. The Morgan fingerprint density at radius 1 is 0.594 bits per heavy atom. The SMILES string of the molecule is CCCOc1c(C=CC(=O)OC)c(OCCC)c(OCCC)c(OCCC)c1OCCC. The third kappa shape index (κ3) is 8.17. The molecule has 0 radical (unpaired) electrons. The molecule has 7 heteroatoms. The van der Waals surface area contributed by atoms with E-state index < -0.39 is 5.97 Å². The van der Waals surface area contributed by atoms with E-state index in [4.69, 9.17) is 28.4 Å². The maximum Gasteiger partial charge on any atom is 0.330 e. The molecular formula is C25H40O7. The van der Waals surface area contributed by atoms with Gasteiger partial charge in [-0.05, 0) is 38.2 Å². The van der Waals surface area contributed by atoms with Crippen LogP contribution in [0, 0.1) is 0 Å². The number of benzene rings is 1. The number of hydrogen-bond acceptors (Lipinski definition) is 7. The molecule has 0 unspecified atom stereocenters. The third-order valence-corrected chi connectivity index (χ3v) is 4.15. The zero-order chi connectivity index (χ0) is 23.8. The van der Waals surface area contributed by atoms with E-state index >= 15 is 0 Å². The van der Waals surface area contributed by atoms with Crippen molar-refractivity contribution in [3.8, 4) is 28.7 Å². The molecule has 0 spiro atoms. The van der Waals surface area contributed by atoms with Gasteiger partial charge in [0.25, 0.3) is 0 Å². The minimum Gasteiger partial charge on any atom is -0.489 e. The van der Waals surface area contributed by atoms with Crippen molar-refractivity contribution in [1.82, 2.24) is 0 Å². The van der Waals surface area contributed by atoms with Crippen molar-refractivity contribution in [1.29, 1.82) is 0 Å². The quantitative estimate of drug-likeness (QED) is 0.218. The average molecular weight is 453 g/mol. The van der Waals surface area contributed by atoms with Crippen molar-refractivity contribution in [2.24, 2.45) is 0 Å². The Morgan fingerprint density at radius 2 is 0.906 bits per heavy atom. The normalized spacial score (nSPS) is 10.8. The standard InChI is InChI=1S/C25H40O7/c1-7-14-28-21-19(12-13-20(26)27-6)22(29-15-8-2)24(31-17-10-4)25(32-18-11-5)23(21)30-16-9-3/h12-13H,7-11,14-18H2,1-6H3. The predicted molar refractivity (Wildman–Crippen MR) is 126 cm³/mol. The average Bonchev–Trinajstić information content (AvgIpc) is 2.81. The molecule has 0 N–H and O–H groups in total. The second-order valence-electron chi connectivity index (χ2n) is 7.16. The highest BCUT2D eigenvalue weighted by atomic mass is 16.6. The molecule has 32 heavy (non-hydrogen) atoms. The van der Waals surface area contributed by atoms with Gasteiger partial charge in [0.1, 0.15) is 0 Å². The highest BCUT2D eigenvalue weighted by Crippen LogP contribution is 2.54. The van der Waals surface area contributed by atoms with Crippen molar-refractivity contribution in [2.45, 2.75) is 66.7 Å². The molecule has 0 fully saturated rings. The summed E-state index contributed by atoms with van der Waals surface area (Å²) in [5, 5.41) is 0. The lowest BCUT2D eigenvalue weighted by atomic mass is 10.1. The van der Waals surface area contributed by atoms with Crippen molar-refractivity contribution in [3.63, 3.8) is 0 Å². The van der Waals surface area contributed by atoms with E-state index in [0.29, 0.717) is 67.3 Å². The van der Waals surface area contributed by atoms with E-state index in [1.54, 1.807) is 6.08 Å². The van der Waals surface area contributed by atoms with Crippen LogP contribution in [0.2, 0.25) is 0 Å². The van der Waals surface area contributed by atoms with Crippen LogP contribution in [0.25, 0.3) is 6.08 Å². The van der Waals surface area contributed by atoms with Gasteiger partial charge >= 0.3 is 5.97 Å². The van der Waals surface area contributed by atoms with E-state index in [0.717, 1.165) is 32.1 Å². The largest absolute Gasteiger partial charge is 0.489 e. The van der Waals surface area contributed by atoms with Gasteiger partial charge in [0.2, 0.25) is 17.2 Å². The van der Waals surface area contributed by atoms with Gasteiger partial charge in [-0.3, -0.25) is 0 Å². The van der Waals surface area contributed by atoms with Gasteiger partial charge in [-0.1, -0.05) is 34.6 Å². The highest BCUT2D eigenvalue weighted by molar-refractivity contribution is 5.90. The van der Waals surface area contributed by atoms with Crippen LogP contribution in [0.3, 0.4) is 0 Å². The first-order chi connectivity index (χ1) is 15.6. The van der Waals surface area contributed by atoms with E-state index in [9.17, 15) is 4.79 Å². The van der Waals surface area contributed by atoms with Crippen LogP contribution in [-0.4, -0.2) is 46.1 Å². The summed E-state index contributed by atoms with van der Waals surface area (Å²) in [6, 6.07) is 0. The first kappa shape index (κ1) is 27.5. The van der Waals surface area contributed by atoms with Crippen molar-refractivity contribution in [3.05, 3.63) is 11.6 Å². The molecule has 0 saturated carbocycles. The molecule has 7 nitrogen and oxygen atoms in total. The molecule has 0 amide bonds. The Kier molecular flexibility index (Phi) is 13.8. The lowest BCUT2D eigenvalue weighted by Gasteiger charge is -2.25. The van der Waals surface area contributed by atoms with Gasteiger partial charge in [-0.25, -0.2) is 4.79 Å². The Balaban J connectivity index is 3.90. The molecule has 1 aromatic carbocycles. The molecule has 0 aromatic heterocycles. The second kappa shape index (κ2) is 16.1. The first-order valence-corrected chi connectivity index (χ1v) is 11.7. The molecule has 0 heterocycles. The minimum atomic E-state index is -0.480. The van der Waals surface area contributed by atoms with Crippen molar-refractivity contribution >= 4 is 12.0 Å². The van der Waals surface area contributed by atoms with Crippen molar-refractivity contribution in [2.75, 3.05) is 40.1 Å². The lowest BCUT2D eigenvalue weighted by Crippen LogP contribution is -2.11. The van der Waals surface area contributed by atoms with Gasteiger partial charge < -0.3 is 28.4 Å². The van der Waals surface area contributed by atoms with Crippen LogP contribution in [0.15, 0.2) is 6.08 Å². The van der Waals surface area contributed by atoms with E-state index in [1.165, 1.54) is 13.2 Å². The number of hydrogen-bond donors (Lipinski definition) is 0.